The van der Waals surface area contributed by atoms with Gasteiger partial charge in [-0.25, -0.2) is 4.98 Å². The first kappa shape index (κ1) is 17.7. The fourth-order valence-electron chi connectivity index (χ4n) is 2.84. The lowest BCUT2D eigenvalue weighted by atomic mass is 10.0. The van der Waals surface area contributed by atoms with Gasteiger partial charge in [0.25, 0.3) is 0 Å². The van der Waals surface area contributed by atoms with E-state index >= 15 is 0 Å². The molecular formula is C21H15ClN6. The minimum absolute atomic E-state index is 0.524. The molecule has 0 aliphatic heterocycles. The molecule has 0 bridgehead atoms. The normalized spacial score (nSPS) is 10.5. The average Bonchev–Trinajstić information content (AvgIpc) is 3.24. The van der Waals surface area contributed by atoms with E-state index in [1.807, 2.05) is 54.4 Å². The molecule has 6 nitrogen and oxygen atoms in total. The van der Waals surface area contributed by atoms with Crippen LogP contribution in [0, 0.1) is 11.3 Å². The van der Waals surface area contributed by atoms with E-state index in [9.17, 15) is 0 Å². The van der Waals surface area contributed by atoms with E-state index in [4.69, 9.17) is 16.9 Å². The van der Waals surface area contributed by atoms with E-state index in [1.54, 1.807) is 24.5 Å². The quantitative estimate of drug-likeness (QED) is 0.543. The fourth-order valence-corrected chi connectivity index (χ4v) is 3.13. The number of nitrogens with one attached hydrogen (secondary N) is 1. The number of rotatable bonds is 4. The smallest absolute Gasteiger partial charge is 0.156 e. The summed E-state index contributed by atoms with van der Waals surface area (Å²) in [5, 5.41) is 16.9. The zero-order valence-corrected chi connectivity index (χ0v) is 15.7. The van der Waals surface area contributed by atoms with E-state index in [-0.39, 0.29) is 0 Å². The monoisotopic (exact) mass is 386 g/mol. The Morgan fingerprint density at radius 1 is 1.00 bits per heavy atom. The Morgan fingerprint density at radius 3 is 2.64 bits per heavy atom. The third-order valence-electron chi connectivity index (χ3n) is 4.35. The van der Waals surface area contributed by atoms with E-state index < -0.39 is 0 Å². The third-order valence-corrected chi connectivity index (χ3v) is 4.66. The second-order valence-electron chi connectivity index (χ2n) is 6.12. The molecule has 3 heterocycles. The van der Waals surface area contributed by atoms with Gasteiger partial charge in [0.05, 0.1) is 23.0 Å². The van der Waals surface area contributed by atoms with Crippen LogP contribution in [0.25, 0.3) is 22.5 Å². The van der Waals surface area contributed by atoms with Crippen LogP contribution in [0.15, 0.2) is 67.0 Å². The molecule has 0 radical (unpaired) electrons. The molecule has 0 aliphatic rings. The molecule has 1 aromatic carbocycles. The van der Waals surface area contributed by atoms with Crippen LogP contribution in [0.4, 0.5) is 11.6 Å². The molecule has 0 fully saturated rings. The fraction of sp³-hybridized carbons (Fsp3) is 0.0476. The van der Waals surface area contributed by atoms with Gasteiger partial charge in [0.1, 0.15) is 5.82 Å². The van der Waals surface area contributed by atoms with Crippen LogP contribution in [0.3, 0.4) is 0 Å². The topological polar surface area (TPSA) is 81.5 Å². The van der Waals surface area contributed by atoms with Crippen molar-refractivity contribution in [3.63, 3.8) is 0 Å². The molecule has 0 unspecified atom stereocenters. The predicted molar refractivity (Wildman–Crippen MR) is 109 cm³/mol. The van der Waals surface area contributed by atoms with Crippen LogP contribution in [0.1, 0.15) is 5.56 Å². The first-order valence-electron chi connectivity index (χ1n) is 8.52. The molecule has 7 heteroatoms. The molecule has 0 aliphatic carbocycles. The molecule has 0 atom stereocenters. The Balaban J connectivity index is 1.65. The number of hydrogen-bond donors (Lipinski definition) is 1. The lowest BCUT2D eigenvalue weighted by molar-refractivity contribution is 1.02. The SMILES string of the molecule is CN(c1cc(-c2ccc(C#N)cc2Cl)ccn1)c1cc(-c2ccccn2)[nH]n1. The number of hydrogen-bond acceptors (Lipinski definition) is 5. The van der Waals surface area contributed by atoms with E-state index in [1.165, 1.54) is 0 Å². The highest BCUT2D eigenvalue weighted by Gasteiger charge is 2.13. The first-order valence-corrected chi connectivity index (χ1v) is 8.90. The molecule has 1 N–H and O–H groups in total. The number of aromatic nitrogens is 4. The summed E-state index contributed by atoms with van der Waals surface area (Å²) in [4.78, 5) is 10.7. The van der Waals surface area contributed by atoms with Gasteiger partial charge in [-0.15, -0.1) is 0 Å². The van der Waals surface area contributed by atoms with Crippen LogP contribution < -0.4 is 4.90 Å². The molecule has 0 saturated heterocycles. The standard InChI is InChI=1S/C21H15ClN6/c1-28(21-12-19(26-27-21)18-4-2-3-8-24-18)20-11-15(7-9-25-20)16-6-5-14(13-23)10-17(16)22/h2-12H,1H3,(H,26,27). The minimum Gasteiger partial charge on any atom is -0.313 e. The number of aromatic amines is 1. The molecule has 4 rings (SSSR count). The van der Waals surface area contributed by atoms with Crippen LogP contribution in [0.2, 0.25) is 5.02 Å². The molecule has 0 spiro atoms. The molecule has 136 valence electrons. The van der Waals surface area contributed by atoms with Crippen molar-refractivity contribution in [3.05, 3.63) is 77.6 Å². The Labute approximate surface area is 167 Å². The van der Waals surface area contributed by atoms with Crippen LogP contribution in [0.5, 0.6) is 0 Å². The molecule has 4 aromatic rings. The number of nitrogens with zero attached hydrogens (tertiary/aromatic N) is 5. The van der Waals surface area contributed by atoms with Crippen molar-refractivity contribution in [1.82, 2.24) is 20.2 Å². The predicted octanol–water partition coefficient (Wildman–Crippen LogP) is 4.83. The number of nitriles is 1. The van der Waals surface area contributed by atoms with E-state index in [0.717, 1.165) is 34.2 Å². The summed E-state index contributed by atoms with van der Waals surface area (Å²) >= 11 is 6.35. The van der Waals surface area contributed by atoms with E-state index in [0.29, 0.717) is 10.6 Å². The van der Waals surface area contributed by atoms with Crippen LogP contribution in [-0.2, 0) is 0 Å². The molecule has 28 heavy (non-hydrogen) atoms. The summed E-state index contributed by atoms with van der Waals surface area (Å²) in [6, 6.07) is 18.8. The summed E-state index contributed by atoms with van der Waals surface area (Å²) in [6.07, 6.45) is 3.47. The lowest BCUT2D eigenvalue weighted by Gasteiger charge is -2.16. The number of halogens is 1. The Bertz CT molecular complexity index is 1160. The third kappa shape index (κ3) is 3.43. The number of pyridine rings is 2. The zero-order chi connectivity index (χ0) is 19.5. The van der Waals surface area contributed by atoms with Crippen molar-refractivity contribution < 1.29 is 0 Å². The summed E-state index contributed by atoms with van der Waals surface area (Å²) in [6.45, 7) is 0. The van der Waals surface area contributed by atoms with Crippen LogP contribution >= 0.6 is 11.6 Å². The number of benzene rings is 1. The molecule has 3 aromatic heterocycles. The maximum atomic E-state index is 9.01. The van der Waals surface area contributed by atoms with Crippen molar-refractivity contribution in [2.24, 2.45) is 0 Å². The highest BCUT2D eigenvalue weighted by atomic mass is 35.5. The first-order chi connectivity index (χ1) is 13.7. The Morgan fingerprint density at radius 2 is 1.89 bits per heavy atom. The lowest BCUT2D eigenvalue weighted by Crippen LogP contribution is -2.11. The van der Waals surface area contributed by atoms with Crippen molar-refractivity contribution in [1.29, 1.82) is 5.26 Å². The van der Waals surface area contributed by atoms with Gasteiger partial charge >= 0.3 is 0 Å². The van der Waals surface area contributed by atoms with Gasteiger partial charge in [-0.1, -0.05) is 23.7 Å². The molecule has 0 amide bonds. The number of H-pyrrole nitrogens is 1. The minimum atomic E-state index is 0.524. The van der Waals surface area contributed by atoms with Crippen molar-refractivity contribution in [3.8, 4) is 28.6 Å². The number of anilines is 2. The van der Waals surface area contributed by atoms with Gasteiger partial charge < -0.3 is 4.90 Å². The van der Waals surface area contributed by atoms with Gasteiger partial charge in [0.15, 0.2) is 5.82 Å². The van der Waals surface area contributed by atoms with Crippen molar-refractivity contribution in [2.75, 3.05) is 11.9 Å². The maximum Gasteiger partial charge on any atom is 0.156 e. The van der Waals surface area contributed by atoms with Gasteiger partial charge in [-0.2, -0.15) is 10.4 Å². The summed E-state index contributed by atoms with van der Waals surface area (Å²) < 4.78 is 0. The summed E-state index contributed by atoms with van der Waals surface area (Å²) in [5.74, 6) is 1.44. The second-order valence-corrected chi connectivity index (χ2v) is 6.53. The van der Waals surface area contributed by atoms with Crippen LogP contribution in [-0.4, -0.2) is 27.2 Å². The van der Waals surface area contributed by atoms with Gasteiger partial charge in [-0.3, -0.25) is 10.1 Å². The van der Waals surface area contributed by atoms with Gasteiger partial charge in [-0.05, 0) is 42.0 Å². The maximum absolute atomic E-state index is 9.01. The molecule has 0 saturated carbocycles. The Hall–Kier alpha value is -3.69. The van der Waals surface area contributed by atoms with Gasteiger partial charge in [0.2, 0.25) is 0 Å². The van der Waals surface area contributed by atoms with E-state index in [2.05, 4.69) is 26.2 Å². The van der Waals surface area contributed by atoms with Crippen molar-refractivity contribution >= 4 is 23.2 Å². The summed E-state index contributed by atoms with van der Waals surface area (Å²) in [7, 11) is 1.89. The highest BCUT2D eigenvalue weighted by Crippen LogP contribution is 2.31. The largest absolute Gasteiger partial charge is 0.313 e. The second kappa shape index (κ2) is 7.51. The zero-order valence-electron chi connectivity index (χ0n) is 15.0. The highest BCUT2D eigenvalue weighted by molar-refractivity contribution is 6.33. The Kier molecular flexibility index (Phi) is 4.75. The van der Waals surface area contributed by atoms with Crippen molar-refractivity contribution in [2.45, 2.75) is 0 Å². The van der Waals surface area contributed by atoms with Gasteiger partial charge in [0, 0.05) is 36.1 Å². The average molecular weight is 387 g/mol. The molecular weight excluding hydrogens is 372 g/mol. The summed E-state index contributed by atoms with van der Waals surface area (Å²) in [5.41, 5.74) is 3.92.